The van der Waals surface area contributed by atoms with Crippen LogP contribution in [0.1, 0.15) is 22.3 Å². The fraction of sp³-hybridized carbons (Fsp3) is 0.250. The van der Waals surface area contributed by atoms with Gasteiger partial charge in [-0.3, -0.25) is 11.3 Å². The van der Waals surface area contributed by atoms with Crippen LogP contribution in [-0.4, -0.2) is 4.98 Å². The molecule has 2 aromatic rings. The molecule has 0 fully saturated rings. The highest BCUT2D eigenvalue weighted by atomic mass is 32.1. The van der Waals surface area contributed by atoms with E-state index in [-0.39, 0.29) is 5.56 Å². The van der Waals surface area contributed by atoms with Gasteiger partial charge < -0.3 is 0 Å². The Morgan fingerprint density at radius 2 is 1.95 bits per heavy atom. The van der Waals surface area contributed by atoms with Crippen LogP contribution in [0.2, 0.25) is 0 Å². The van der Waals surface area contributed by atoms with E-state index in [4.69, 9.17) is 5.84 Å². The molecule has 0 aliphatic heterocycles. The molecule has 2 rings (SSSR count). The number of nitrogens with one attached hydrogen (secondary N) is 1. The second-order valence-electron chi connectivity index (χ2n) is 4.10. The van der Waals surface area contributed by atoms with Gasteiger partial charge >= 0.3 is 0 Å². The van der Waals surface area contributed by atoms with Crippen molar-refractivity contribution in [2.24, 2.45) is 5.84 Å². The maximum atomic E-state index is 13.2. The van der Waals surface area contributed by atoms with Gasteiger partial charge in [0.2, 0.25) is 0 Å². The highest BCUT2D eigenvalue weighted by Gasteiger charge is 2.18. The predicted molar refractivity (Wildman–Crippen MR) is 66.9 cm³/mol. The topological polar surface area (TPSA) is 50.9 Å². The number of hydrazine groups is 1. The summed E-state index contributed by atoms with van der Waals surface area (Å²) in [6, 6.07) is 1.34. The number of thiazole rings is 1. The Balaban J connectivity index is 2.27. The van der Waals surface area contributed by atoms with Crippen LogP contribution >= 0.6 is 11.3 Å². The van der Waals surface area contributed by atoms with E-state index in [0.29, 0.717) is 6.42 Å². The molecule has 1 unspecified atom stereocenters. The van der Waals surface area contributed by atoms with Crippen LogP contribution in [0.25, 0.3) is 0 Å². The zero-order chi connectivity index (χ0) is 14.0. The monoisotopic (exact) mass is 287 g/mol. The molecule has 0 bridgehead atoms. The molecule has 1 aromatic carbocycles. The summed E-state index contributed by atoms with van der Waals surface area (Å²) in [7, 11) is 0. The Labute approximate surface area is 112 Å². The maximum absolute atomic E-state index is 13.2. The molecule has 3 nitrogen and oxygen atoms in total. The Morgan fingerprint density at radius 1 is 1.32 bits per heavy atom. The van der Waals surface area contributed by atoms with Crippen LogP contribution in [0.5, 0.6) is 0 Å². The number of halogens is 3. The molecule has 7 heteroatoms. The van der Waals surface area contributed by atoms with Gasteiger partial charge in [0.05, 0.1) is 11.0 Å². The summed E-state index contributed by atoms with van der Waals surface area (Å²) >= 11 is 1.43. The van der Waals surface area contributed by atoms with E-state index in [1.807, 2.05) is 12.3 Å². The van der Waals surface area contributed by atoms with Crippen LogP contribution in [0.3, 0.4) is 0 Å². The van der Waals surface area contributed by atoms with Crippen LogP contribution in [0.15, 0.2) is 17.5 Å². The average molecular weight is 287 g/mol. The molecule has 1 heterocycles. The maximum Gasteiger partial charge on any atom is 0.194 e. The first kappa shape index (κ1) is 14.0. The Hall–Kier alpha value is -1.44. The zero-order valence-electron chi connectivity index (χ0n) is 10.1. The first-order valence-electron chi connectivity index (χ1n) is 5.53. The van der Waals surface area contributed by atoms with Crippen molar-refractivity contribution in [3.8, 4) is 0 Å². The number of hydrogen-bond donors (Lipinski definition) is 2. The molecule has 0 aliphatic carbocycles. The lowest BCUT2D eigenvalue weighted by atomic mass is 10.0. The van der Waals surface area contributed by atoms with Crippen molar-refractivity contribution in [1.29, 1.82) is 0 Å². The molecule has 1 atom stereocenters. The molecule has 0 radical (unpaired) electrons. The molecule has 0 aliphatic rings. The van der Waals surface area contributed by atoms with Crippen molar-refractivity contribution in [1.82, 2.24) is 10.4 Å². The van der Waals surface area contributed by atoms with E-state index in [1.165, 1.54) is 11.3 Å². The number of aryl methyl sites for hydroxylation is 1. The minimum Gasteiger partial charge on any atom is -0.271 e. The van der Waals surface area contributed by atoms with Crippen molar-refractivity contribution in [2.75, 3.05) is 0 Å². The van der Waals surface area contributed by atoms with Gasteiger partial charge in [-0.05, 0) is 24.6 Å². The third kappa shape index (κ3) is 3.12. The van der Waals surface area contributed by atoms with Gasteiger partial charge in [0.25, 0.3) is 0 Å². The molecular weight excluding hydrogens is 275 g/mol. The fourth-order valence-corrected chi connectivity index (χ4v) is 2.54. The van der Waals surface area contributed by atoms with E-state index in [1.54, 1.807) is 0 Å². The minimum atomic E-state index is -1.48. The van der Waals surface area contributed by atoms with Crippen molar-refractivity contribution in [3.63, 3.8) is 0 Å². The lowest BCUT2D eigenvalue weighted by molar-refractivity contribution is 0.439. The fourth-order valence-electron chi connectivity index (χ4n) is 1.72. The van der Waals surface area contributed by atoms with Gasteiger partial charge in [0.1, 0.15) is 0 Å². The van der Waals surface area contributed by atoms with E-state index in [9.17, 15) is 13.2 Å². The Kier molecular flexibility index (Phi) is 4.18. The summed E-state index contributed by atoms with van der Waals surface area (Å²) in [5.74, 6) is 1.44. The summed E-state index contributed by atoms with van der Waals surface area (Å²) in [5.41, 5.74) is 3.57. The molecule has 19 heavy (non-hydrogen) atoms. The first-order chi connectivity index (χ1) is 9.01. The van der Waals surface area contributed by atoms with Gasteiger partial charge in [-0.2, -0.15) is 0 Å². The van der Waals surface area contributed by atoms with E-state index < -0.39 is 23.5 Å². The Morgan fingerprint density at radius 3 is 2.42 bits per heavy atom. The van der Waals surface area contributed by atoms with Crippen molar-refractivity contribution in [3.05, 3.63) is 51.2 Å². The first-order valence-corrected chi connectivity index (χ1v) is 6.40. The van der Waals surface area contributed by atoms with Gasteiger partial charge in [-0.25, -0.2) is 18.2 Å². The van der Waals surface area contributed by atoms with Gasteiger partial charge in [0, 0.05) is 17.5 Å². The summed E-state index contributed by atoms with van der Waals surface area (Å²) in [5, 5.41) is 2.65. The molecule has 102 valence electrons. The number of aromatic nitrogens is 1. The molecule has 0 amide bonds. The van der Waals surface area contributed by atoms with Crippen molar-refractivity contribution in [2.45, 2.75) is 19.4 Å². The summed E-state index contributed by atoms with van der Waals surface area (Å²) in [6.07, 6.45) is 0.375. The number of nitrogens with zero attached hydrogens (tertiary/aromatic N) is 1. The largest absolute Gasteiger partial charge is 0.271 e. The second-order valence-corrected chi connectivity index (χ2v) is 5.05. The summed E-state index contributed by atoms with van der Waals surface area (Å²) in [4.78, 5) is 4.25. The molecule has 0 saturated carbocycles. The van der Waals surface area contributed by atoms with Gasteiger partial charge in [0.15, 0.2) is 17.5 Å². The molecule has 0 saturated heterocycles. The Bertz CT molecular complexity index is 562. The van der Waals surface area contributed by atoms with Crippen molar-refractivity contribution < 1.29 is 13.2 Å². The van der Waals surface area contributed by atoms with Crippen LogP contribution in [0.4, 0.5) is 13.2 Å². The van der Waals surface area contributed by atoms with Crippen molar-refractivity contribution >= 4 is 11.3 Å². The van der Waals surface area contributed by atoms with E-state index in [2.05, 4.69) is 10.4 Å². The van der Waals surface area contributed by atoms with E-state index in [0.717, 1.165) is 22.8 Å². The lowest BCUT2D eigenvalue weighted by Gasteiger charge is -2.15. The smallest absolute Gasteiger partial charge is 0.194 e. The highest BCUT2D eigenvalue weighted by molar-refractivity contribution is 7.09. The van der Waals surface area contributed by atoms with Gasteiger partial charge in [-0.15, -0.1) is 11.3 Å². The number of rotatable bonds is 4. The SMILES string of the molecule is Cc1csc(CC(NN)c2cc(F)c(F)c(F)c2)n1. The number of hydrogen-bond acceptors (Lipinski definition) is 4. The summed E-state index contributed by atoms with van der Waals surface area (Å²) < 4.78 is 39.3. The molecule has 3 N–H and O–H groups in total. The summed E-state index contributed by atoms with van der Waals surface area (Å²) in [6.45, 7) is 1.85. The zero-order valence-corrected chi connectivity index (χ0v) is 10.9. The standard InChI is InChI=1S/C12H12F3N3S/c1-6-5-19-11(17-6)4-10(18-16)7-2-8(13)12(15)9(14)3-7/h2-3,5,10,18H,4,16H2,1H3. The van der Waals surface area contributed by atoms with Crippen LogP contribution in [-0.2, 0) is 6.42 Å². The third-order valence-corrected chi connectivity index (χ3v) is 3.64. The van der Waals surface area contributed by atoms with Crippen LogP contribution < -0.4 is 11.3 Å². The third-order valence-electron chi connectivity index (χ3n) is 2.66. The number of nitrogens with two attached hydrogens (primary N) is 1. The predicted octanol–water partition coefficient (Wildman–Crippen LogP) is 2.62. The quantitative estimate of drug-likeness (QED) is 0.516. The normalized spacial score (nSPS) is 12.7. The minimum absolute atomic E-state index is 0.242. The highest BCUT2D eigenvalue weighted by Crippen LogP contribution is 2.23. The molecular formula is C12H12F3N3S. The molecule has 1 aromatic heterocycles. The second kappa shape index (κ2) is 5.68. The molecule has 0 spiro atoms. The van der Waals surface area contributed by atoms with Gasteiger partial charge in [-0.1, -0.05) is 0 Å². The van der Waals surface area contributed by atoms with Crippen LogP contribution in [0, 0.1) is 24.4 Å². The average Bonchev–Trinajstić information content (AvgIpc) is 2.78. The lowest BCUT2D eigenvalue weighted by Crippen LogP contribution is -2.29. The number of benzene rings is 1. The van der Waals surface area contributed by atoms with E-state index >= 15 is 0 Å².